The third-order valence-electron chi connectivity index (χ3n) is 5.74. The van der Waals surface area contributed by atoms with Crippen LogP contribution >= 0.6 is 11.6 Å². The van der Waals surface area contributed by atoms with Crippen molar-refractivity contribution in [3.8, 4) is 23.0 Å². The van der Waals surface area contributed by atoms with Crippen molar-refractivity contribution >= 4 is 11.6 Å². The van der Waals surface area contributed by atoms with Crippen molar-refractivity contribution in [1.29, 1.82) is 0 Å². The highest BCUT2D eigenvalue weighted by molar-refractivity contribution is 6.33. The molecule has 3 rings (SSSR count). The maximum atomic E-state index is 10.8. The highest BCUT2D eigenvalue weighted by atomic mass is 35.5. The summed E-state index contributed by atoms with van der Waals surface area (Å²) in [5.41, 5.74) is 1.59. The van der Waals surface area contributed by atoms with Gasteiger partial charge in [0.25, 0.3) is 0 Å². The van der Waals surface area contributed by atoms with Gasteiger partial charge in [-0.2, -0.15) is 0 Å². The molecule has 0 aliphatic rings. The Kier molecular flexibility index (Phi) is 5.18. The first-order chi connectivity index (χ1) is 13.5. The van der Waals surface area contributed by atoms with Gasteiger partial charge in [-0.15, -0.1) is 0 Å². The van der Waals surface area contributed by atoms with Crippen molar-refractivity contribution in [3.05, 3.63) is 81.9 Å². The van der Waals surface area contributed by atoms with E-state index in [1.807, 2.05) is 27.7 Å². The SMILES string of the molecule is CC(C)(c1ccc(O)cc1)c1cc(C(C)(C)c2ccc(O)cc2)c(O)c(Cl)c1O. The average Bonchev–Trinajstić information content (AvgIpc) is 2.66. The molecule has 4 nitrogen and oxygen atoms in total. The average molecular weight is 413 g/mol. The second-order valence-electron chi connectivity index (χ2n) is 8.33. The lowest BCUT2D eigenvalue weighted by Crippen LogP contribution is -2.23. The molecule has 0 aromatic heterocycles. The van der Waals surface area contributed by atoms with Gasteiger partial charge >= 0.3 is 0 Å². The molecule has 0 unspecified atom stereocenters. The predicted octanol–water partition coefficient (Wildman–Crippen LogP) is 5.81. The summed E-state index contributed by atoms with van der Waals surface area (Å²) >= 11 is 6.35. The van der Waals surface area contributed by atoms with E-state index in [2.05, 4.69) is 0 Å². The van der Waals surface area contributed by atoms with Gasteiger partial charge in [0.15, 0.2) is 0 Å². The minimum atomic E-state index is -0.644. The predicted molar refractivity (Wildman–Crippen MR) is 115 cm³/mol. The molecule has 3 aromatic carbocycles. The van der Waals surface area contributed by atoms with Gasteiger partial charge in [0.1, 0.15) is 28.0 Å². The van der Waals surface area contributed by atoms with Crippen molar-refractivity contribution in [2.45, 2.75) is 38.5 Å². The van der Waals surface area contributed by atoms with Crippen LogP contribution in [0.3, 0.4) is 0 Å². The van der Waals surface area contributed by atoms with Gasteiger partial charge in [0, 0.05) is 22.0 Å². The van der Waals surface area contributed by atoms with Gasteiger partial charge in [-0.1, -0.05) is 63.6 Å². The van der Waals surface area contributed by atoms with Crippen LogP contribution < -0.4 is 0 Å². The number of aromatic hydroxyl groups is 4. The Morgan fingerprint density at radius 3 is 1.21 bits per heavy atom. The van der Waals surface area contributed by atoms with Crippen LogP contribution in [-0.2, 0) is 10.8 Å². The monoisotopic (exact) mass is 412 g/mol. The van der Waals surface area contributed by atoms with Crippen LogP contribution in [0.2, 0.25) is 5.02 Å². The second kappa shape index (κ2) is 7.20. The van der Waals surface area contributed by atoms with E-state index in [0.29, 0.717) is 11.1 Å². The Labute approximate surface area is 175 Å². The van der Waals surface area contributed by atoms with Gasteiger partial charge in [-0.3, -0.25) is 0 Å². The van der Waals surface area contributed by atoms with E-state index in [1.165, 1.54) is 0 Å². The molecular weight excluding hydrogens is 388 g/mol. The molecule has 0 heterocycles. The molecule has 4 N–H and O–H groups in total. The zero-order valence-electron chi connectivity index (χ0n) is 16.9. The summed E-state index contributed by atoms with van der Waals surface area (Å²) in [6.45, 7) is 7.77. The largest absolute Gasteiger partial charge is 0.508 e. The second-order valence-corrected chi connectivity index (χ2v) is 8.70. The van der Waals surface area contributed by atoms with Crippen molar-refractivity contribution < 1.29 is 20.4 Å². The van der Waals surface area contributed by atoms with E-state index in [-0.39, 0.29) is 28.0 Å². The summed E-state index contributed by atoms with van der Waals surface area (Å²) in [7, 11) is 0. The number of phenolic OH excluding ortho intramolecular Hbond substituents is 4. The molecule has 0 aliphatic heterocycles. The fourth-order valence-corrected chi connectivity index (χ4v) is 3.85. The Hall–Kier alpha value is -2.85. The number of phenols is 4. The highest BCUT2D eigenvalue weighted by Gasteiger charge is 2.34. The highest BCUT2D eigenvalue weighted by Crippen LogP contribution is 2.49. The van der Waals surface area contributed by atoms with E-state index in [9.17, 15) is 20.4 Å². The number of rotatable bonds is 4. The first-order valence-electron chi connectivity index (χ1n) is 9.30. The smallest absolute Gasteiger partial charge is 0.142 e. The summed E-state index contributed by atoms with van der Waals surface area (Å²) in [4.78, 5) is 0. The van der Waals surface area contributed by atoms with Crippen molar-refractivity contribution in [2.75, 3.05) is 0 Å². The fourth-order valence-electron chi connectivity index (χ4n) is 3.65. The molecule has 0 atom stereocenters. The summed E-state index contributed by atoms with van der Waals surface area (Å²) in [6.07, 6.45) is 0. The van der Waals surface area contributed by atoms with Crippen molar-refractivity contribution in [1.82, 2.24) is 0 Å². The zero-order valence-corrected chi connectivity index (χ0v) is 17.6. The molecule has 5 heteroatoms. The van der Waals surface area contributed by atoms with E-state index >= 15 is 0 Å². The molecule has 0 saturated heterocycles. The normalized spacial score (nSPS) is 12.2. The summed E-state index contributed by atoms with van der Waals surface area (Å²) in [6, 6.07) is 15.3. The number of hydrogen-bond acceptors (Lipinski definition) is 4. The first-order valence-corrected chi connectivity index (χ1v) is 9.68. The number of halogens is 1. The Balaban J connectivity index is 2.22. The molecule has 152 valence electrons. The van der Waals surface area contributed by atoms with Gasteiger partial charge in [0.05, 0.1) is 0 Å². The molecule has 0 saturated carbocycles. The van der Waals surface area contributed by atoms with Crippen molar-refractivity contribution in [2.24, 2.45) is 0 Å². The summed E-state index contributed by atoms with van der Waals surface area (Å²) < 4.78 is 0. The summed E-state index contributed by atoms with van der Waals surface area (Å²) in [5, 5.41) is 40.6. The van der Waals surface area contributed by atoms with Crippen LogP contribution in [0.15, 0.2) is 54.6 Å². The third-order valence-corrected chi connectivity index (χ3v) is 6.10. The van der Waals surface area contributed by atoms with Gasteiger partial charge in [-0.05, 0) is 41.5 Å². The third kappa shape index (κ3) is 3.60. The van der Waals surface area contributed by atoms with Crippen LogP contribution in [-0.4, -0.2) is 20.4 Å². The standard InChI is InChI=1S/C24H25ClO4/c1-23(2,14-5-9-16(26)10-6-14)18-13-19(22(29)20(25)21(18)28)24(3,4)15-7-11-17(27)12-8-15/h5-13,26-29H,1-4H3. The Morgan fingerprint density at radius 2 is 0.897 bits per heavy atom. The van der Waals surface area contributed by atoms with Crippen LogP contribution in [0, 0.1) is 0 Å². The zero-order chi connectivity index (χ0) is 21.6. The quantitative estimate of drug-likeness (QED) is 0.435. The lowest BCUT2D eigenvalue weighted by atomic mass is 9.72. The molecule has 0 aliphatic carbocycles. The van der Waals surface area contributed by atoms with Gasteiger partial charge < -0.3 is 20.4 Å². The molecular formula is C24H25ClO4. The van der Waals surface area contributed by atoms with Crippen LogP contribution in [0.4, 0.5) is 0 Å². The van der Waals surface area contributed by atoms with Crippen LogP contribution in [0.25, 0.3) is 0 Å². The van der Waals surface area contributed by atoms with E-state index in [4.69, 9.17) is 11.6 Å². The van der Waals surface area contributed by atoms with Gasteiger partial charge in [0.2, 0.25) is 0 Å². The lowest BCUT2D eigenvalue weighted by Gasteiger charge is -2.32. The minimum absolute atomic E-state index is 0.101. The van der Waals surface area contributed by atoms with E-state index < -0.39 is 10.8 Å². The first kappa shape index (κ1) is 20.9. The Bertz CT molecular complexity index is 954. The molecule has 29 heavy (non-hydrogen) atoms. The Morgan fingerprint density at radius 1 is 0.586 bits per heavy atom. The van der Waals surface area contributed by atoms with Crippen molar-refractivity contribution in [3.63, 3.8) is 0 Å². The topological polar surface area (TPSA) is 80.9 Å². The molecule has 3 aromatic rings. The lowest BCUT2D eigenvalue weighted by molar-refractivity contribution is 0.425. The van der Waals surface area contributed by atoms with Crippen LogP contribution in [0.5, 0.6) is 23.0 Å². The molecule has 0 spiro atoms. The molecule has 0 bridgehead atoms. The van der Waals surface area contributed by atoms with E-state index in [0.717, 1.165) is 11.1 Å². The molecule has 0 amide bonds. The molecule has 0 radical (unpaired) electrons. The van der Waals surface area contributed by atoms with E-state index in [1.54, 1.807) is 54.6 Å². The number of benzene rings is 3. The minimum Gasteiger partial charge on any atom is -0.508 e. The molecule has 0 fully saturated rings. The maximum absolute atomic E-state index is 10.8. The summed E-state index contributed by atoms with van der Waals surface area (Å²) in [5.74, 6) is -0.0293. The number of hydrogen-bond donors (Lipinski definition) is 4. The maximum Gasteiger partial charge on any atom is 0.142 e. The fraction of sp³-hybridized carbons (Fsp3) is 0.250. The van der Waals surface area contributed by atoms with Gasteiger partial charge in [-0.25, -0.2) is 0 Å². The van der Waals surface area contributed by atoms with Crippen LogP contribution in [0.1, 0.15) is 49.9 Å².